The summed E-state index contributed by atoms with van der Waals surface area (Å²) in [6, 6.07) is 25.9. The van der Waals surface area contributed by atoms with E-state index in [1.165, 1.54) is 72.3 Å². The molecule has 7 aromatic rings. The van der Waals surface area contributed by atoms with Crippen LogP contribution in [-0.2, 0) is 29.1 Å². The number of rotatable bonds is 6. The van der Waals surface area contributed by atoms with E-state index in [1.807, 2.05) is 12.1 Å². The van der Waals surface area contributed by atoms with Crippen LogP contribution in [0.3, 0.4) is 0 Å². The Morgan fingerprint density at radius 3 is 1.51 bits per heavy atom. The molecule has 0 aliphatic carbocycles. The molecule has 7 heteroatoms. The second-order valence-electron chi connectivity index (χ2n) is 24.5. The highest BCUT2D eigenvalue weighted by atomic mass is 31.2. The van der Waals surface area contributed by atoms with E-state index in [4.69, 9.17) is 22.0 Å². The molecule has 0 fully saturated rings. The SMILES string of the molecule is Cc1cc(C(C)(C)C)c2c(c1C)-c1c(C)c(C)cc(C(C)(C)C)c1O[P@](Oc1ccccc1-c1ccccc1Op1oc3c(CC(C)(C)C)cc(C)c(C)c3c3c(C)c(C)cc(C(C)(C)C)c3o1)CC2. The van der Waals surface area contributed by atoms with Crippen molar-refractivity contribution in [1.82, 2.24) is 0 Å². The van der Waals surface area contributed by atoms with Crippen LogP contribution in [0.25, 0.3) is 44.2 Å². The van der Waals surface area contributed by atoms with Crippen LogP contribution in [0, 0.1) is 60.8 Å². The molecule has 0 radical (unpaired) electrons. The average molecular weight is 977 g/mol. The summed E-state index contributed by atoms with van der Waals surface area (Å²) < 4.78 is 36.4. The lowest BCUT2D eigenvalue weighted by Crippen LogP contribution is -2.21. The Morgan fingerprint density at radius 1 is 0.500 bits per heavy atom. The van der Waals surface area contributed by atoms with Gasteiger partial charge in [0, 0.05) is 44.8 Å². The zero-order valence-corrected chi connectivity index (χ0v) is 47.8. The predicted octanol–water partition coefficient (Wildman–Crippen LogP) is 19.7. The Labute approximate surface area is 422 Å². The number of fused-ring (bicyclic) bond motifs is 6. The lowest BCUT2D eigenvalue weighted by Gasteiger charge is -2.35. The maximum absolute atomic E-state index is 7.43. The molecule has 6 aromatic carbocycles. The molecule has 1 unspecified atom stereocenters. The molecule has 0 bridgehead atoms. The van der Waals surface area contributed by atoms with E-state index in [9.17, 15) is 0 Å². The highest BCUT2D eigenvalue weighted by molar-refractivity contribution is 7.48. The third-order valence-corrected chi connectivity index (χ3v) is 17.0. The Kier molecular flexibility index (Phi) is 13.6. The van der Waals surface area contributed by atoms with E-state index in [1.54, 1.807) is 0 Å². The third kappa shape index (κ3) is 9.84. The number of benzene rings is 6. The minimum atomic E-state index is -2.01. The third-order valence-electron chi connectivity index (χ3n) is 14.6. The van der Waals surface area contributed by atoms with Gasteiger partial charge < -0.3 is 22.0 Å². The van der Waals surface area contributed by atoms with Gasteiger partial charge in [0.1, 0.15) is 28.4 Å². The maximum atomic E-state index is 7.43. The molecule has 2 heterocycles. The van der Waals surface area contributed by atoms with Gasteiger partial charge in [-0.25, -0.2) is 0 Å². The molecule has 1 aliphatic rings. The van der Waals surface area contributed by atoms with Gasteiger partial charge in [-0.2, -0.15) is 0 Å². The van der Waals surface area contributed by atoms with Crippen LogP contribution in [0.2, 0.25) is 0 Å². The van der Waals surface area contributed by atoms with E-state index < -0.39 is 16.6 Å². The summed E-state index contributed by atoms with van der Waals surface area (Å²) in [4.78, 5) is 0. The number of para-hydroxylation sites is 2. The van der Waals surface area contributed by atoms with Gasteiger partial charge in [0.15, 0.2) is 0 Å². The largest absolute Gasteiger partial charge is 0.453 e. The smallest absolute Gasteiger partial charge is 0.438 e. The van der Waals surface area contributed by atoms with Crippen LogP contribution in [0.4, 0.5) is 0 Å². The molecule has 0 amide bonds. The van der Waals surface area contributed by atoms with Crippen LogP contribution in [0.1, 0.15) is 155 Å². The highest BCUT2D eigenvalue weighted by Gasteiger charge is 2.35. The summed E-state index contributed by atoms with van der Waals surface area (Å²) in [5.41, 5.74) is 21.9. The normalized spacial score (nSPS) is 14.7. The van der Waals surface area contributed by atoms with Crippen molar-refractivity contribution >= 4 is 38.6 Å². The van der Waals surface area contributed by atoms with E-state index >= 15 is 0 Å². The molecular formula is C63H78O5P2. The first-order valence-corrected chi connectivity index (χ1v) is 27.7. The van der Waals surface area contributed by atoms with Gasteiger partial charge in [-0.3, -0.25) is 0 Å². The summed E-state index contributed by atoms with van der Waals surface area (Å²) in [6.07, 6.45) is 2.40. The Morgan fingerprint density at radius 2 is 0.957 bits per heavy atom. The molecule has 1 aliphatic heterocycles. The van der Waals surface area contributed by atoms with Crippen molar-refractivity contribution in [3.05, 3.63) is 145 Å². The first-order chi connectivity index (χ1) is 32.5. The average Bonchev–Trinajstić information content (AvgIpc) is 3.41. The quantitative estimate of drug-likeness (QED) is 0.155. The summed E-state index contributed by atoms with van der Waals surface area (Å²) in [5.74, 6) is 2.35. The van der Waals surface area contributed by atoms with Crippen LogP contribution >= 0.6 is 16.6 Å². The molecule has 5 nitrogen and oxygen atoms in total. The van der Waals surface area contributed by atoms with Crippen molar-refractivity contribution in [3.63, 3.8) is 0 Å². The van der Waals surface area contributed by atoms with E-state index in [0.717, 1.165) is 74.7 Å². The summed E-state index contributed by atoms with van der Waals surface area (Å²) >= 11 is 0. The first kappa shape index (κ1) is 51.4. The van der Waals surface area contributed by atoms with Crippen LogP contribution in [0.15, 0.2) is 81.2 Å². The Hall–Kier alpha value is -4.95. The molecule has 8 rings (SSSR count). The lowest BCUT2D eigenvalue weighted by molar-refractivity contribution is 0.409. The highest BCUT2D eigenvalue weighted by Crippen LogP contribution is 2.56. The van der Waals surface area contributed by atoms with E-state index in [2.05, 4.69) is 199 Å². The van der Waals surface area contributed by atoms with Crippen molar-refractivity contribution in [2.24, 2.45) is 5.41 Å². The lowest BCUT2D eigenvalue weighted by atomic mass is 9.75. The molecule has 2 atom stereocenters. The van der Waals surface area contributed by atoms with Crippen molar-refractivity contribution < 1.29 is 22.0 Å². The number of hydrogen-bond donors (Lipinski definition) is 0. The fraction of sp³-hybridized carbons (Fsp3) is 0.429. The van der Waals surface area contributed by atoms with Gasteiger partial charge in [0.05, 0.1) is 0 Å². The van der Waals surface area contributed by atoms with Gasteiger partial charge in [-0.05, 0) is 169 Å². The molecule has 70 heavy (non-hydrogen) atoms. The predicted molar refractivity (Wildman–Crippen MR) is 300 cm³/mol. The Balaban J connectivity index is 1.30. The fourth-order valence-corrected chi connectivity index (χ4v) is 12.9. The van der Waals surface area contributed by atoms with Gasteiger partial charge >= 0.3 is 8.24 Å². The first-order valence-electron chi connectivity index (χ1n) is 25.3. The number of hydrogen-bond acceptors (Lipinski definition) is 5. The standard InChI is InChI=1S/C63H78O5P2/c1-36-31-44(35-60(9,10)11)57-55(41(36)6)56-43(8)39(4)34-50(63(18,19)20)59(56)68-70(67-57)65-52-28-24-22-26-46(52)45-25-21-23-27-51(45)64-69-30-29-47-48(61(12,13)14)32-37(2)40(5)53(47)54-42(7)38(3)33-49(58(54)66-69)62(15,16)17/h21-28,31-34H,29-30,35H2,1-20H3/t69-,70?/m0/s1. The summed E-state index contributed by atoms with van der Waals surface area (Å²) in [5, 5.41) is 2.20. The van der Waals surface area contributed by atoms with Gasteiger partial charge in [0.2, 0.25) is 0 Å². The maximum Gasteiger partial charge on any atom is 0.453 e. The monoisotopic (exact) mass is 977 g/mol. The molecule has 0 N–H and O–H groups in total. The molecule has 370 valence electrons. The zero-order chi connectivity index (χ0) is 51.2. The van der Waals surface area contributed by atoms with Gasteiger partial charge in [-0.1, -0.05) is 144 Å². The van der Waals surface area contributed by atoms with E-state index in [-0.39, 0.29) is 21.7 Å². The van der Waals surface area contributed by atoms with Crippen molar-refractivity contribution in [2.45, 2.75) is 168 Å². The van der Waals surface area contributed by atoms with Crippen LogP contribution < -0.4 is 13.6 Å². The van der Waals surface area contributed by atoms with Crippen LogP contribution in [0.5, 0.6) is 17.2 Å². The van der Waals surface area contributed by atoms with Crippen molar-refractivity contribution in [3.8, 4) is 39.5 Å². The second-order valence-corrected chi connectivity index (χ2v) is 27.0. The molecule has 1 aromatic heterocycles. The topological polar surface area (TPSA) is 54.0 Å². The van der Waals surface area contributed by atoms with E-state index in [0.29, 0.717) is 5.75 Å². The molecule has 0 saturated carbocycles. The van der Waals surface area contributed by atoms with Gasteiger partial charge in [-0.15, -0.1) is 0 Å². The second kappa shape index (κ2) is 18.6. The molecule has 0 saturated heterocycles. The summed E-state index contributed by atoms with van der Waals surface area (Å²) in [6.45, 7) is 45.5. The van der Waals surface area contributed by atoms with Crippen molar-refractivity contribution in [1.29, 1.82) is 0 Å². The molecule has 0 spiro atoms. The zero-order valence-electron chi connectivity index (χ0n) is 46.0. The fourth-order valence-electron chi connectivity index (χ4n) is 10.3. The van der Waals surface area contributed by atoms with Crippen LogP contribution in [-0.4, -0.2) is 6.16 Å². The van der Waals surface area contributed by atoms with Gasteiger partial charge in [0.25, 0.3) is 8.38 Å². The minimum Gasteiger partial charge on any atom is -0.438 e. The summed E-state index contributed by atoms with van der Waals surface area (Å²) in [7, 11) is -3.48. The minimum absolute atomic E-state index is 0.0130. The number of aryl methyl sites for hydroxylation is 6. The molecular weight excluding hydrogens is 899 g/mol. The Bertz CT molecular complexity index is 3230. The van der Waals surface area contributed by atoms with Crippen molar-refractivity contribution in [2.75, 3.05) is 6.16 Å².